The van der Waals surface area contributed by atoms with Gasteiger partial charge in [0.15, 0.2) is 0 Å². The molecule has 0 radical (unpaired) electrons. The first-order valence-corrected chi connectivity index (χ1v) is 7.17. The summed E-state index contributed by atoms with van der Waals surface area (Å²) in [4.78, 5) is 14.8. The second-order valence-corrected chi connectivity index (χ2v) is 6.43. The van der Waals surface area contributed by atoms with E-state index in [1.165, 1.54) is 12.8 Å². The third kappa shape index (κ3) is 3.80. The van der Waals surface area contributed by atoms with Gasteiger partial charge in [-0.3, -0.25) is 4.79 Å². The highest BCUT2D eigenvalue weighted by atomic mass is 16.1. The quantitative estimate of drug-likeness (QED) is 0.732. The molecular weight excluding hydrogens is 210 g/mol. The van der Waals surface area contributed by atoms with E-state index in [1.54, 1.807) is 0 Å². The Morgan fingerprint density at radius 1 is 1.41 bits per heavy atom. The van der Waals surface area contributed by atoms with E-state index in [4.69, 9.17) is 0 Å². The Labute approximate surface area is 107 Å². The van der Waals surface area contributed by atoms with Crippen molar-refractivity contribution in [1.82, 2.24) is 4.90 Å². The molecule has 1 aliphatic rings. The molecule has 17 heavy (non-hydrogen) atoms. The van der Waals surface area contributed by atoms with E-state index in [1.807, 2.05) is 0 Å². The Balaban J connectivity index is 2.63. The van der Waals surface area contributed by atoms with Gasteiger partial charge in [0.25, 0.3) is 0 Å². The molecule has 0 aromatic carbocycles. The lowest BCUT2D eigenvalue weighted by molar-refractivity contribution is -0.135. The molecule has 0 N–H and O–H groups in total. The third-order valence-electron chi connectivity index (χ3n) is 4.09. The predicted octanol–water partition coefficient (Wildman–Crippen LogP) is 3.50. The third-order valence-corrected chi connectivity index (χ3v) is 4.09. The summed E-state index contributed by atoms with van der Waals surface area (Å²) in [5.74, 6) is 0.762. The Morgan fingerprint density at radius 2 is 2.06 bits per heavy atom. The van der Waals surface area contributed by atoms with Gasteiger partial charge in [0.1, 0.15) is 5.78 Å². The van der Waals surface area contributed by atoms with Crippen LogP contribution in [0.4, 0.5) is 0 Å². The van der Waals surface area contributed by atoms with Crippen LogP contribution in [-0.2, 0) is 4.79 Å². The average molecular weight is 239 g/mol. The van der Waals surface area contributed by atoms with Crippen molar-refractivity contribution in [2.24, 2.45) is 11.3 Å². The Morgan fingerprint density at radius 3 is 2.59 bits per heavy atom. The monoisotopic (exact) mass is 239 g/mol. The van der Waals surface area contributed by atoms with Gasteiger partial charge in [-0.2, -0.15) is 0 Å². The zero-order valence-electron chi connectivity index (χ0n) is 12.3. The van der Waals surface area contributed by atoms with Gasteiger partial charge in [-0.25, -0.2) is 0 Å². The number of Topliss-reactive ketones (excluding diaryl/α,β-unsaturated/α-hetero) is 1. The molecule has 1 fully saturated rings. The molecule has 2 heteroatoms. The van der Waals surface area contributed by atoms with Crippen molar-refractivity contribution in [3.8, 4) is 0 Å². The van der Waals surface area contributed by atoms with Gasteiger partial charge in [0.05, 0.1) is 0 Å². The maximum Gasteiger partial charge on any atom is 0.142 e. The second kappa shape index (κ2) is 5.99. The molecule has 2 nitrogen and oxygen atoms in total. The summed E-state index contributed by atoms with van der Waals surface area (Å²) >= 11 is 0. The first-order chi connectivity index (χ1) is 7.88. The van der Waals surface area contributed by atoms with Crippen LogP contribution in [0, 0.1) is 11.3 Å². The van der Waals surface area contributed by atoms with Crippen LogP contribution in [0.1, 0.15) is 60.3 Å². The number of hydrogen-bond donors (Lipinski definition) is 0. The van der Waals surface area contributed by atoms with Crippen LogP contribution in [0.3, 0.4) is 0 Å². The summed E-state index contributed by atoms with van der Waals surface area (Å²) in [7, 11) is 0. The van der Waals surface area contributed by atoms with E-state index < -0.39 is 0 Å². The maximum absolute atomic E-state index is 12.4. The van der Waals surface area contributed by atoms with Crippen molar-refractivity contribution in [3.63, 3.8) is 0 Å². The van der Waals surface area contributed by atoms with Crippen LogP contribution in [0.25, 0.3) is 0 Å². The van der Waals surface area contributed by atoms with E-state index in [9.17, 15) is 4.79 Å². The summed E-state index contributed by atoms with van der Waals surface area (Å²) in [5, 5.41) is 0. The van der Waals surface area contributed by atoms with Crippen molar-refractivity contribution >= 4 is 5.78 Å². The Bertz CT molecular complexity index is 258. The van der Waals surface area contributed by atoms with Crippen molar-refractivity contribution in [1.29, 1.82) is 0 Å². The zero-order valence-corrected chi connectivity index (χ0v) is 12.3. The van der Waals surface area contributed by atoms with Crippen LogP contribution in [-0.4, -0.2) is 29.8 Å². The molecule has 0 aliphatic heterocycles. The minimum absolute atomic E-state index is 0.0855. The molecule has 0 aromatic heterocycles. The minimum Gasteiger partial charge on any atom is -0.300 e. The molecule has 1 aliphatic carbocycles. The lowest BCUT2D eigenvalue weighted by Gasteiger charge is -2.37. The molecule has 100 valence electrons. The van der Waals surface area contributed by atoms with Gasteiger partial charge in [-0.05, 0) is 39.7 Å². The zero-order chi connectivity index (χ0) is 13.1. The van der Waals surface area contributed by atoms with Crippen molar-refractivity contribution in [3.05, 3.63) is 0 Å². The van der Waals surface area contributed by atoms with Crippen molar-refractivity contribution in [2.45, 2.75) is 66.3 Å². The Hall–Kier alpha value is -0.370. The highest BCUT2D eigenvalue weighted by molar-refractivity contribution is 5.87. The summed E-state index contributed by atoms with van der Waals surface area (Å²) in [6.07, 6.45) is 4.54. The topological polar surface area (TPSA) is 20.3 Å². The summed E-state index contributed by atoms with van der Waals surface area (Å²) in [6, 6.07) is 0.549. The fraction of sp³-hybridized carbons (Fsp3) is 0.933. The van der Waals surface area contributed by atoms with Crippen LogP contribution in [0.5, 0.6) is 0 Å². The molecule has 0 spiro atoms. The smallest absolute Gasteiger partial charge is 0.142 e. The first-order valence-electron chi connectivity index (χ1n) is 7.17. The van der Waals surface area contributed by atoms with Crippen LogP contribution >= 0.6 is 0 Å². The highest BCUT2D eigenvalue weighted by Gasteiger charge is 2.37. The normalized spacial score (nSPS) is 24.6. The molecule has 0 amide bonds. The molecular formula is C15H29NO. The summed E-state index contributed by atoms with van der Waals surface area (Å²) in [6.45, 7) is 13.0. The maximum atomic E-state index is 12.4. The van der Waals surface area contributed by atoms with Crippen LogP contribution in [0.2, 0.25) is 0 Å². The second-order valence-electron chi connectivity index (χ2n) is 6.43. The van der Waals surface area contributed by atoms with Gasteiger partial charge in [-0.1, -0.05) is 27.2 Å². The summed E-state index contributed by atoms with van der Waals surface area (Å²) in [5.41, 5.74) is -0.0855. The number of rotatable bonds is 5. The molecule has 1 atom stereocenters. The van der Waals surface area contributed by atoms with E-state index in [0.717, 1.165) is 25.9 Å². The standard InChI is InChI=1S/C15H29NO/c1-6-10-16(12(2)3)11-13-8-7-9-15(4,5)14(13)17/h12-13H,6-11H2,1-5H3. The van der Waals surface area contributed by atoms with Crippen molar-refractivity contribution < 1.29 is 4.79 Å². The molecule has 0 saturated heterocycles. The predicted molar refractivity (Wildman–Crippen MR) is 73.1 cm³/mol. The van der Waals surface area contributed by atoms with E-state index in [2.05, 4.69) is 39.5 Å². The fourth-order valence-corrected chi connectivity index (χ4v) is 2.90. The molecule has 1 saturated carbocycles. The number of carbonyl (C=O) groups excluding carboxylic acids is 1. The van der Waals surface area contributed by atoms with Gasteiger partial charge in [-0.15, -0.1) is 0 Å². The van der Waals surface area contributed by atoms with Gasteiger partial charge in [0, 0.05) is 23.9 Å². The number of carbonyl (C=O) groups is 1. The van der Waals surface area contributed by atoms with E-state index in [-0.39, 0.29) is 11.3 Å². The highest BCUT2D eigenvalue weighted by Crippen LogP contribution is 2.35. The summed E-state index contributed by atoms with van der Waals surface area (Å²) < 4.78 is 0. The van der Waals surface area contributed by atoms with Crippen molar-refractivity contribution in [2.75, 3.05) is 13.1 Å². The van der Waals surface area contributed by atoms with Crippen LogP contribution in [0.15, 0.2) is 0 Å². The molecule has 0 aromatic rings. The van der Waals surface area contributed by atoms with Gasteiger partial charge in [0.2, 0.25) is 0 Å². The average Bonchev–Trinajstić information content (AvgIpc) is 2.23. The van der Waals surface area contributed by atoms with E-state index in [0.29, 0.717) is 11.8 Å². The molecule has 1 unspecified atom stereocenters. The number of ketones is 1. The first kappa shape index (κ1) is 14.7. The SMILES string of the molecule is CCCN(CC1CCCC(C)(C)C1=O)C(C)C. The van der Waals surface area contributed by atoms with Gasteiger partial charge >= 0.3 is 0 Å². The Kier molecular flexibility index (Phi) is 5.18. The molecule has 0 heterocycles. The lowest BCUT2D eigenvalue weighted by atomic mass is 9.71. The fourth-order valence-electron chi connectivity index (χ4n) is 2.90. The number of hydrogen-bond acceptors (Lipinski definition) is 2. The van der Waals surface area contributed by atoms with E-state index >= 15 is 0 Å². The number of nitrogens with zero attached hydrogens (tertiary/aromatic N) is 1. The molecule has 0 bridgehead atoms. The van der Waals surface area contributed by atoms with Crippen LogP contribution < -0.4 is 0 Å². The van der Waals surface area contributed by atoms with Gasteiger partial charge < -0.3 is 4.90 Å². The lowest BCUT2D eigenvalue weighted by Crippen LogP contribution is -2.44. The minimum atomic E-state index is -0.0855. The largest absolute Gasteiger partial charge is 0.300 e. The molecule has 1 rings (SSSR count).